The Balaban J connectivity index is 1.36. The zero-order valence-corrected chi connectivity index (χ0v) is 16.3. The van der Waals surface area contributed by atoms with Crippen LogP contribution in [0.3, 0.4) is 0 Å². The van der Waals surface area contributed by atoms with Crippen molar-refractivity contribution in [1.29, 1.82) is 0 Å². The molecule has 0 unspecified atom stereocenters. The van der Waals surface area contributed by atoms with E-state index in [2.05, 4.69) is 25.8 Å². The predicted molar refractivity (Wildman–Crippen MR) is 109 cm³/mol. The topological polar surface area (TPSA) is 61.8 Å². The number of anilines is 2. The SMILES string of the molecule is COc1ccccc1N1CCN(C(=O)[C@@H]2CCCN(c3ncccn3)C2)CC1. The third-order valence-electron chi connectivity index (χ3n) is 5.62. The Morgan fingerprint density at radius 3 is 2.50 bits per heavy atom. The van der Waals surface area contributed by atoms with Crippen LogP contribution in [0.25, 0.3) is 0 Å². The van der Waals surface area contributed by atoms with Crippen molar-refractivity contribution in [2.45, 2.75) is 12.8 Å². The fraction of sp³-hybridized carbons (Fsp3) is 0.476. The monoisotopic (exact) mass is 381 g/mol. The van der Waals surface area contributed by atoms with Crippen LogP contribution in [0.1, 0.15) is 12.8 Å². The number of amides is 1. The summed E-state index contributed by atoms with van der Waals surface area (Å²) in [4.78, 5) is 28.2. The van der Waals surface area contributed by atoms with Gasteiger partial charge in [0.1, 0.15) is 5.75 Å². The molecular formula is C21H27N5O2. The molecule has 0 saturated carbocycles. The molecule has 1 atom stereocenters. The Morgan fingerprint density at radius 1 is 1.00 bits per heavy atom. The van der Waals surface area contributed by atoms with Crippen LogP contribution in [0, 0.1) is 5.92 Å². The Bertz CT molecular complexity index is 792. The van der Waals surface area contributed by atoms with Crippen molar-refractivity contribution in [3.8, 4) is 5.75 Å². The van der Waals surface area contributed by atoms with Crippen molar-refractivity contribution >= 4 is 17.5 Å². The van der Waals surface area contributed by atoms with Crippen LogP contribution >= 0.6 is 0 Å². The van der Waals surface area contributed by atoms with Crippen LogP contribution in [0.2, 0.25) is 0 Å². The first-order valence-corrected chi connectivity index (χ1v) is 9.95. The number of carbonyl (C=O) groups excluding carboxylic acids is 1. The molecule has 2 fully saturated rings. The molecule has 0 bridgehead atoms. The third-order valence-corrected chi connectivity index (χ3v) is 5.62. The summed E-state index contributed by atoms with van der Waals surface area (Å²) in [5.41, 5.74) is 1.10. The summed E-state index contributed by atoms with van der Waals surface area (Å²) < 4.78 is 5.48. The molecule has 28 heavy (non-hydrogen) atoms. The lowest BCUT2D eigenvalue weighted by Gasteiger charge is -2.40. The van der Waals surface area contributed by atoms with Crippen LogP contribution in [-0.2, 0) is 4.79 Å². The van der Waals surface area contributed by atoms with E-state index in [0.29, 0.717) is 6.54 Å². The van der Waals surface area contributed by atoms with Crippen LogP contribution in [-0.4, -0.2) is 67.2 Å². The van der Waals surface area contributed by atoms with Crippen molar-refractivity contribution in [1.82, 2.24) is 14.9 Å². The van der Waals surface area contributed by atoms with Gasteiger partial charge in [0.05, 0.1) is 18.7 Å². The molecule has 0 radical (unpaired) electrons. The lowest BCUT2D eigenvalue weighted by atomic mass is 9.96. The van der Waals surface area contributed by atoms with Gasteiger partial charge in [-0.15, -0.1) is 0 Å². The van der Waals surface area contributed by atoms with Gasteiger partial charge in [-0.05, 0) is 31.0 Å². The number of carbonyl (C=O) groups is 1. The number of aromatic nitrogens is 2. The highest BCUT2D eigenvalue weighted by molar-refractivity contribution is 5.80. The van der Waals surface area contributed by atoms with Crippen molar-refractivity contribution in [3.05, 3.63) is 42.7 Å². The van der Waals surface area contributed by atoms with Gasteiger partial charge in [0.15, 0.2) is 0 Å². The lowest BCUT2D eigenvalue weighted by molar-refractivity contribution is -0.136. The van der Waals surface area contributed by atoms with Gasteiger partial charge in [0.2, 0.25) is 11.9 Å². The van der Waals surface area contributed by atoms with E-state index < -0.39 is 0 Å². The maximum atomic E-state index is 13.1. The third kappa shape index (κ3) is 3.88. The van der Waals surface area contributed by atoms with Gasteiger partial charge < -0.3 is 19.4 Å². The molecular weight excluding hydrogens is 354 g/mol. The number of rotatable bonds is 4. The molecule has 2 aliphatic rings. The molecule has 1 aromatic heterocycles. The van der Waals surface area contributed by atoms with E-state index in [1.54, 1.807) is 19.5 Å². The molecule has 2 aliphatic heterocycles. The molecule has 148 valence electrons. The number of hydrogen-bond acceptors (Lipinski definition) is 6. The summed E-state index contributed by atoms with van der Waals surface area (Å²) in [6.07, 6.45) is 5.44. The molecule has 0 N–H and O–H groups in total. The van der Waals surface area contributed by atoms with E-state index in [4.69, 9.17) is 4.74 Å². The van der Waals surface area contributed by atoms with E-state index in [-0.39, 0.29) is 11.8 Å². The second kappa shape index (κ2) is 8.46. The molecule has 1 amide bonds. The number of nitrogens with zero attached hydrogens (tertiary/aromatic N) is 5. The van der Waals surface area contributed by atoms with Gasteiger partial charge >= 0.3 is 0 Å². The van der Waals surface area contributed by atoms with Crippen LogP contribution < -0.4 is 14.5 Å². The molecule has 2 saturated heterocycles. The largest absolute Gasteiger partial charge is 0.495 e. The molecule has 1 aromatic carbocycles. The number of piperidine rings is 1. The fourth-order valence-electron chi connectivity index (χ4n) is 4.13. The highest BCUT2D eigenvalue weighted by atomic mass is 16.5. The van der Waals surface area contributed by atoms with Crippen LogP contribution in [0.15, 0.2) is 42.7 Å². The van der Waals surface area contributed by atoms with Crippen molar-refractivity contribution in [2.75, 3.05) is 56.2 Å². The Hall–Kier alpha value is -2.83. The molecule has 3 heterocycles. The molecule has 7 nitrogen and oxygen atoms in total. The second-order valence-corrected chi connectivity index (χ2v) is 7.32. The van der Waals surface area contributed by atoms with Gasteiger partial charge in [0.25, 0.3) is 0 Å². The maximum Gasteiger partial charge on any atom is 0.227 e. The normalized spacial score (nSPS) is 20.2. The van der Waals surface area contributed by atoms with Crippen molar-refractivity contribution < 1.29 is 9.53 Å². The van der Waals surface area contributed by atoms with E-state index >= 15 is 0 Å². The molecule has 0 aliphatic carbocycles. The second-order valence-electron chi connectivity index (χ2n) is 7.32. The minimum Gasteiger partial charge on any atom is -0.495 e. The van der Waals surface area contributed by atoms with E-state index in [1.807, 2.05) is 29.2 Å². The van der Waals surface area contributed by atoms with Crippen LogP contribution in [0.5, 0.6) is 5.75 Å². The first-order valence-electron chi connectivity index (χ1n) is 9.95. The quantitative estimate of drug-likeness (QED) is 0.808. The summed E-state index contributed by atoms with van der Waals surface area (Å²) in [5.74, 6) is 1.89. The first-order chi connectivity index (χ1) is 13.8. The smallest absolute Gasteiger partial charge is 0.227 e. The van der Waals surface area contributed by atoms with Gasteiger partial charge in [0, 0.05) is 51.7 Å². The van der Waals surface area contributed by atoms with Gasteiger partial charge in [-0.3, -0.25) is 4.79 Å². The van der Waals surface area contributed by atoms with Crippen LogP contribution in [0.4, 0.5) is 11.6 Å². The fourth-order valence-corrected chi connectivity index (χ4v) is 4.13. The number of benzene rings is 1. The van der Waals surface area contributed by atoms with Crippen molar-refractivity contribution in [2.24, 2.45) is 5.92 Å². The minimum atomic E-state index is 0.0235. The molecule has 7 heteroatoms. The van der Waals surface area contributed by atoms with E-state index in [9.17, 15) is 4.79 Å². The molecule has 4 rings (SSSR count). The zero-order valence-electron chi connectivity index (χ0n) is 16.3. The lowest BCUT2D eigenvalue weighted by Crippen LogP contribution is -2.52. The predicted octanol–water partition coefficient (Wildman–Crippen LogP) is 2.05. The average molecular weight is 381 g/mol. The Kier molecular flexibility index (Phi) is 5.60. The minimum absolute atomic E-state index is 0.0235. The summed E-state index contributed by atoms with van der Waals surface area (Å²) >= 11 is 0. The van der Waals surface area contributed by atoms with Gasteiger partial charge in [-0.1, -0.05) is 12.1 Å². The number of hydrogen-bond donors (Lipinski definition) is 0. The number of ether oxygens (including phenoxy) is 1. The summed E-state index contributed by atoms with van der Waals surface area (Å²) in [7, 11) is 1.70. The summed E-state index contributed by atoms with van der Waals surface area (Å²) in [6.45, 7) is 4.75. The van der Waals surface area contributed by atoms with E-state index in [1.165, 1.54) is 0 Å². The molecule has 0 spiro atoms. The van der Waals surface area contributed by atoms with Gasteiger partial charge in [-0.2, -0.15) is 0 Å². The number of piperazine rings is 1. The number of methoxy groups -OCH3 is 1. The number of para-hydroxylation sites is 2. The van der Waals surface area contributed by atoms with E-state index in [0.717, 1.165) is 63.0 Å². The molecule has 2 aromatic rings. The highest BCUT2D eigenvalue weighted by Gasteiger charge is 2.32. The Morgan fingerprint density at radius 2 is 1.75 bits per heavy atom. The zero-order chi connectivity index (χ0) is 19.3. The average Bonchev–Trinajstić information content (AvgIpc) is 2.79. The summed E-state index contributed by atoms with van der Waals surface area (Å²) in [5, 5.41) is 0. The summed E-state index contributed by atoms with van der Waals surface area (Å²) in [6, 6.07) is 9.88. The van der Waals surface area contributed by atoms with Gasteiger partial charge in [-0.25, -0.2) is 9.97 Å². The Labute approximate surface area is 165 Å². The highest BCUT2D eigenvalue weighted by Crippen LogP contribution is 2.29. The maximum absolute atomic E-state index is 13.1. The van der Waals surface area contributed by atoms with Crippen molar-refractivity contribution in [3.63, 3.8) is 0 Å². The first kappa shape index (κ1) is 18.5. The standard InChI is InChI=1S/C21H27N5O2/c1-28-19-8-3-2-7-18(19)24-12-14-25(15-13-24)20(27)17-6-4-11-26(16-17)21-22-9-5-10-23-21/h2-3,5,7-10,17H,4,6,11-16H2,1H3/t17-/m1/s1.